The molecule has 15 heavy (non-hydrogen) atoms. The Hall–Kier alpha value is -0.500. The molecule has 0 rings (SSSR count). The Bertz CT molecular complexity index is 185. The largest absolute Gasteiger partial charge is 0.394 e. The monoisotopic (exact) mass is 222 g/mol. The van der Waals surface area contributed by atoms with Crippen molar-refractivity contribution in [1.82, 2.24) is 0 Å². The van der Waals surface area contributed by atoms with Gasteiger partial charge in [0, 0.05) is 0 Å². The zero-order chi connectivity index (χ0) is 12.0. The van der Waals surface area contributed by atoms with Gasteiger partial charge in [-0.05, 0) is 6.42 Å². The maximum atomic E-state index is 9.33. The van der Waals surface area contributed by atoms with E-state index in [-0.39, 0.29) is 6.42 Å². The summed E-state index contributed by atoms with van der Waals surface area (Å²) < 4.78 is 0. The molecule has 6 heteroatoms. The highest BCUT2D eigenvalue weighted by atomic mass is 16.4. The summed E-state index contributed by atoms with van der Waals surface area (Å²) in [6.45, 7) is 2.59. The van der Waals surface area contributed by atoms with Crippen molar-refractivity contribution < 1.29 is 30.6 Å². The summed E-state index contributed by atoms with van der Waals surface area (Å²) in [5.74, 6) is 0. The van der Waals surface area contributed by atoms with Crippen molar-refractivity contribution in [2.45, 2.75) is 36.9 Å². The van der Waals surface area contributed by atoms with Crippen molar-refractivity contribution in [1.29, 1.82) is 0 Å². The van der Waals surface area contributed by atoms with Crippen molar-refractivity contribution in [2.24, 2.45) is 0 Å². The predicted octanol–water partition coefficient (Wildman–Crippen LogP) is -2.64. The molecule has 0 bridgehead atoms. The molecule has 0 spiro atoms. The maximum Gasteiger partial charge on any atom is 0.111 e. The molecule has 6 N–H and O–H groups in total. The van der Waals surface area contributed by atoms with Gasteiger partial charge in [0.1, 0.15) is 24.4 Å². The zero-order valence-electron chi connectivity index (χ0n) is 8.27. The minimum absolute atomic E-state index is 0.0418. The highest BCUT2D eigenvalue weighted by Crippen LogP contribution is 2.10. The molecular weight excluding hydrogens is 204 g/mol. The average Bonchev–Trinajstić information content (AvgIpc) is 2.25. The SMILES string of the molecule is C=CCC(O)[C@H](O)[C@@H](O)[C@H](O)[C@H](O)CO. The van der Waals surface area contributed by atoms with Gasteiger partial charge in [0.15, 0.2) is 0 Å². The molecule has 0 saturated heterocycles. The topological polar surface area (TPSA) is 121 Å². The molecule has 0 aromatic heterocycles. The zero-order valence-corrected chi connectivity index (χ0v) is 8.27. The van der Waals surface area contributed by atoms with E-state index in [2.05, 4.69) is 6.58 Å². The van der Waals surface area contributed by atoms with E-state index in [1.54, 1.807) is 0 Å². The second-order valence-electron chi connectivity index (χ2n) is 3.31. The van der Waals surface area contributed by atoms with Crippen molar-refractivity contribution in [3.63, 3.8) is 0 Å². The summed E-state index contributed by atoms with van der Waals surface area (Å²) in [6, 6.07) is 0. The van der Waals surface area contributed by atoms with E-state index >= 15 is 0 Å². The molecule has 0 radical (unpaired) electrons. The van der Waals surface area contributed by atoms with E-state index in [4.69, 9.17) is 10.2 Å². The van der Waals surface area contributed by atoms with Gasteiger partial charge in [-0.3, -0.25) is 0 Å². The maximum absolute atomic E-state index is 9.33. The Balaban J connectivity index is 4.28. The lowest BCUT2D eigenvalue weighted by Crippen LogP contribution is -2.49. The van der Waals surface area contributed by atoms with Crippen molar-refractivity contribution in [3.8, 4) is 0 Å². The minimum atomic E-state index is -1.73. The first-order chi connectivity index (χ1) is 6.95. The molecule has 90 valence electrons. The van der Waals surface area contributed by atoms with Crippen LogP contribution in [0.1, 0.15) is 6.42 Å². The second kappa shape index (κ2) is 6.89. The van der Waals surface area contributed by atoms with Crippen LogP contribution in [0.3, 0.4) is 0 Å². The van der Waals surface area contributed by atoms with E-state index in [1.807, 2.05) is 0 Å². The van der Waals surface area contributed by atoms with Crippen molar-refractivity contribution in [2.75, 3.05) is 6.61 Å². The molecule has 0 aromatic rings. The van der Waals surface area contributed by atoms with Crippen LogP contribution in [0.15, 0.2) is 12.7 Å². The highest BCUT2D eigenvalue weighted by molar-refractivity contribution is 4.87. The molecule has 0 fully saturated rings. The van der Waals surface area contributed by atoms with Crippen LogP contribution in [-0.4, -0.2) is 67.8 Å². The minimum Gasteiger partial charge on any atom is -0.394 e. The molecule has 0 saturated carbocycles. The third kappa shape index (κ3) is 4.25. The fraction of sp³-hybridized carbons (Fsp3) is 0.778. The van der Waals surface area contributed by atoms with Gasteiger partial charge < -0.3 is 30.6 Å². The van der Waals surface area contributed by atoms with Gasteiger partial charge in [0.2, 0.25) is 0 Å². The lowest BCUT2D eigenvalue weighted by Gasteiger charge is -2.28. The van der Waals surface area contributed by atoms with Gasteiger partial charge in [-0.2, -0.15) is 0 Å². The summed E-state index contributed by atoms with van der Waals surface area (Å²) in [4.78, 5) is 0. The summed E-state index contributed by atoms with van der Waals surface area (Å²) in [6.07, 6.45) is -6.52. The number of hydrogen-bond acceptors (Lipinski definition) is 6. The average molecular weight is 222 g/mol. The quantitative estimate of drug-likeness (QED) is 0.262. The Morgan fingerprint density at radius 1 is 0.867 bits per heavy atom. The lowest BCUT2D eigenvalue weighted by atomic mass is 9.98. The molecule has 0 heterocycles. The first-order valence-corrected chi connectivity index (χ1v) is 4.57. The molecular formula is C9H18O6. The van der Waals surface area contributed by atoms with E-state index in [0.29, 0.717) is 0 Å². The number of rotatable bonds is 7. The fourth-order valence-electron chi connectivity index (χ4n) is 1.08. The van der Waals surface area contributed by atoms with Crippen LogP contribution in [0.4, 0.5) is 0 Å². The Morgan fingerprint density at radius 2 is 1.33 bits per heavy atom. The molecule has 0 aliphatic heterocycles. The fourth-order valence-corrected chi connectivity index (χ4v) is 1.08. The van der Waals surface area contributed by atoms with Gasteiger partial charge in [0.25, 0.3) is 0 Å². The smallest absolute Gasteiger partial charge is 0.111 e. The van der Waals surface area contributed by atoms with Crippen molar-refractivity contribution >= 4 is 0 Å². The third-order valence-electron chi connectivity index (χ3n) is 2.08. The molecule has 0 aliphatic rings. The van der Waals surface area contributed by atoms with Crippen LogP contribution < -0.4 is 0 Å². The van der Waals surface area contributed by atoms with Crippen LogP contribution in [0, 0.1) is 0 Å². The Labute approximate surface area is 87.7 Å². The second-order valence-corrected chi connectivity index (χ2v) is 3.31. The van der Waals surface area contributed by atoms with E-state index in [9.17, 15) is 20.4 Å². The normalized spacial score (nSPS) is 21.5. The molecule has 1 unspecified atom stereocenters. The molecule has 6 nitrogen and oxygen atoms in total. The lowest BCUT2D eigenvalue weighted by molar-refractivity contribution is -0.139. The van der Waals surface area contributed by atoms with Gasteiger partial charge in [-0.25, -0.2) is 0 Å². The van der Waals surface area contributed by atoms with Crippen molar-refractivity contribution in [3.05, 3.63) is 12.7 Å². The van der Waals surface area contributed by atoms with E-state index < -0.39 is 37.1 Å². The van der Waals surface area contributed by atoms with Gasteiger partial charge in [-0.1, -0.05) is 6.08 Å². The summed E-state index contributed by atoms with van der Waals surface area (Å²) in [7, 11) is 0. The summed E-state index contributed by atoms with van der Waals surface area (Å²) in [5.41, 5.74) is 0. The number of hydrogen-bond donors (Lipinski definition) is 6. The van der Waals surface area contributed by atoms with E-state index in [1.165, 1.54) is 6.08 Å². The number of aliphatic hydroxyl groups is 6. The molecule has 0 aliphatic carbocycles. The van der Waals surface area contributed by atoms with Crippen LogP contribution in [-0.2, 0) is 0 Å². The Morgan fingerprint density at radius 3 is 1.73 bits per heavy atom. The van der Waals surface area contributed by atoms with E-state index in [0.717, 1.165) is 0 Å². The Kier molecular flexibility index (Phi) is 6.66. The molecule has 0 aromatic carbocycles. The van der Waals surface area contributed by atoms with Gasteiger partial charge in [-0.15, -0.1) is 6.58 Å². The predicted molar refractivity (Wildman–Crippen MR) is 51.9 cm³/mol. The summed E-state index contributed by atoms with van der Waals surface area (Å²) in [5, 5.41) is 54.6. The van der Waals surface area contributed by atoms with Crippen LogP contribution >= 0.6 is 0 Å². The first kappa shape index (κ1) is 14.5. The standard InChI is InChI=1S/C9H18O6/c1-2-3-5(11)7(13)9(15)8(14)6(12)4-10/h2,5-15H,1,3-4H2/t5?,6-,7+,8-,9-/m1/s1. The van der Waals surface area contributed by atoms with Crippen LogP contribution in [0.2, 0.25) is 0 Å². The van der Waals surface area contributed by atoms with Gasteiger partial charge >= 0.3 is 0 Å². The van der Waals surface area contributed by atoms with Gasteiger partial charge in [0.05, 0.1) is 12.7 Å². The highest BCUT2D eigenvalue weighted by Gasteiger charge is 2.33. The first-order valence-electron chi connectivity index (χ1n) is 4.57. The molecule has 0 amide bonds. The summed E-state index contributed by atoms with van der Waals surface area (Å²) >= 11 is 0. The third-order valence-corrected chi connectivity index (χ3v) is 2.08. The number of aliphatic hydroxyl groups excluding tert-OH is 6. The van der Waals surface area contributed by atoms with Crippen LogP contribution in [0.5, 0.6) is 0 Å². The molecule has 5 atom stereocenters. The van der Waals surface area contributed by atoms with Crippen LogP contribution in [0.25, 0.3) is 0 Å².